The molecule has 0 atom stereocenters. The molecule has 1 heterocycles. The van der Waals surface area contributed by atoms with Gasteiger partial charge in [-0.15, -0.1) is 0 Å². The molecule has 2 aromatic rings. The lowest BCUT2D eigenvalue weighted by Crippen LogP contribution is -1.93. The Kier molecular flexibility index (Phi) is 3.82. The molecule has 2 N–H and O–H groups in total. The van der Waals surface area contributed by atoms with Gasteiger partial charge in [-0.3, -0.25) is 0 Å². The lowest BCUT2D eigenvalue weighted by Gasteiger charge is -2.09. The zero-order chi connectivity index (χ0) is 13.1. The van der Waals surface area contributed by atoms with Crippen LogP contribution in [0.1, 0.15) is 28.9 Å². The summed E-state index contributed by atoms with van der Waals surface area (Å²) < 4.78 is 0. The van der Waals surface area contributed by atoms with Gasteiger partial charge in [-0.05, 0) is 43.9 Å². The van der Waals surface area contributed by atoms with Crippen LogP contribution in [0.3, 0.4) is 0 Å². The number of hydrogen-bond acceptors (Lipinski definition) is 2. The van der Waals surface area contributed by atoms with E-state index in [0.29, 0.717) is 0 Å². The number of aromatic amines is 1. The number of benzene rings is 1. The van der Waals surface area contributed by atoms with Crippen molar-refractivity contribution in [3.8, 4) is 11.3 Å². The summed E-state index contributed by atoms with van der Waals surface area (Å²) in [5, 5.41) is 8.82. The van der Waals surface area contributed by atoms with Crippen molar-refractivity contribution in [3.05, 3.63) is 40.8 Å². The van der Waals surface area contributed by atoms with Crippen LogP contribution in [0.15, 0.2) is 18.3 Å². The van der Waals surface area contributed by atoms with Crippen molar-refractivity contribution in [1.82, 2.24) is 9.97 Å². The van der Waals surface area contributed by atoms with E-state index in [0.717, 1.165) is 24.4 Å². The first-order chi connectivity index (χ1) is 8.63. The molecule has 0 amide bonds. The second kappa shape index (κ2) is 5.36. The van der Waals surface area contributed by atoms with E-state index in [2.05, 4.69) is 42.9 Å². The Bertz CT molecular complexity index is 543. The molecule has 18 heavy (non-hydrogen) atoms. The Labute approximate surface area is 108 Å². The van der Waals surface area contributed by atoms with Gasteiger partial charge in [0.05, 0.1) is 11.9 Å². The predicted molar refractivity (Wildman–Crippen MR) is 73.6 cm³/mol. The number of H-pyrrole nitrogens is 1. The zero-order valence-electron chi connectivity index (χ0n) is 11.2. The normalized spacial score (nSPS) is 10.9. The number of aliphatic hydroxyl groups is 1. The predicted octanol–water partition coefficient (Wildman–Crippen LogP) is 2.93. The fourth-order valence-electron chi connectivity index (χ4n) is 2.12. The largest absolute Gasteiger partial charge is 0.396 e. The number of imidazole rings is 1. The summed E-state index contributed by atoms with van der Waals surface area (Å²) in [6, 6.07) is 4.28. The average Bonchev–Trinajstić information content (AvgIpc) is 2.82. The minimum Gasteiger partial charge on any atom is -0.396 e. The SMILES string of the molecule is Cc1ccc(-c2cnc(CCCO)[nH]2)c(C)c1C. The molecule has 0 aliphatic rings. The molecule has 1 aromatic carbocycles. The van der Waals surface area contributed by atoms with Crippen LogP contribution in [-0.4, -0.2) is 21.7 Å². The Hall–Kier alpha value is -1.61. The molecule has 0 spiro atoms. The average molecular weight is 244 g/mol. The van der Waals surface area contributed by atoms with Crippen molar-refractivity contribution in [1.29, 1.82) is 0 Å². The summed E-state index contributed by atoms with van der Waals surface area (Å²) in [7, 11) is 0. The van der Waals surface area contributed by atoms with Gasteiger partial charge in [0.15, 0.2) is 0 Å². The monoisotopic (exact) mass is 244 g/mol. The number of nitrogens with zero attached hydrogens (tertiary/aromatic N) is 1. The van der Waals surface area contributed by atoms with E-state index in [4.69, 9.17) is 5.11 Å². The van der Waals surface area contributed by atoms with Gasteiger partial charge in [0.2, 0.25) is 0 Å². The number of aryl methyl sites for hydroxylation is 2. The van der Waals surface area contributed by atoms with Crippen LogP contribution in [0.25, 0.3) is 11.3 Å². The van der Waals surface area contributed by atoms with Crippen LogP contribution in [0, 0.1) is 20.8 Å². The number of nitrogens with one attached hydrogen (secondary N) is 1. The van der Waals surface area contributed by atoms with E-state index in [1.165, 1.54) is 22.3 Å². The van der Waals surface area contributed by atoms with Crippen molar-refractivity contribution < 1.29 is 5.11 Å². The Balaban J connectivity index is 2.31. The molecule has 3 heteroatoms. The van der Waals surface area contributed by atoms with Gasteiger partial charge < -0.3 is 10.1 Å². The minimum absolute atomic E-state index is 0.207. The van der Waals surface area contributed by atoms with E-state index in [1.54, 1.807) is 0 Å². The van der Waals surface area contributed by atoms with Gasteiger partial charge >= 0.3 is 0 Å². The Morgan fingerprint density at radius 2 is 1.94 bits per heavy atom. The molecule has 0 saturated carbocycles. The number of rotatable bonds is 4. The smallest absolute Gasteiger partial charge is 0.106 e. The lowest BCUT2D eigenvalue weighted by atomic mass is 9.97. The molecule has 0 saturated heterocycles. The van der Waals surface area contributed by atoms with Crippen LogP contribution in [0.4, 0.5) is 0 Å². The summed E-state index contributed by atoms with van der Waals surface area (Å²) >= 11 is 0. The van der Waals surface area contributed by atoms with Crippen molar-refractivity contribution >= 4 is 0 Å². The third-order valence-corrected chi connectivity index (χ3v) is 3.55. The first-order valence-corrected chi connectivity index (χ1v) is 6.35. The van der Waals surface area contributed by atoms with Crippen LogP contribution < -0.4 is 0 Å². The lowest BCUT2D eigenvalue weighted by molar-refractivity contribution is 0.287. The quantitative estimate of drug-likeness (QED) is 0.868. The maximum Gasteiger partial charge on any atom is 0.106 e. The van der Waals surface area contributed by atoms with Crippen LogP contribution in [0.5, 0.6) is 0 Å². The summed E-state index contributed by atoms with van der Waals surface area (Å²) in [5.74, 6) is 0.941. The zero-order valence-corrected chi connectivity index (χ0v) is 11.2. The van der Waals surface area contributed by atoms with Crippen LogP contribution in [0.2, 0.25) is 0 Å². The highest BCUT2D eigenvalue weighted by molar-refractivity contribution is 5.65. The second-order valence-corrected chi connectivity index (χ2v) is 4.75. The molecular weight excluding hydrogens is 224 g/mol. The summed E-state index contributed by atoms with van der Waals surface area (Å²) in [6.07, 6.45) is 3.42. The molecular formula is C15H20N2O. The summed E-state index contributed by atoms with van der Waals surface area (Å²) in [6.45, 7) is 6.63. The van der Waals surface area contributed by atoms with E-state index >= 15 is 0 Å². The molecule has 0 radical (unpaired) electrons. The summed E-state index contributed by atoms with van der Waals surface area (Å²) in [5.41, 5.74) is 6.21. The molecule has 0 bridgehead atoms. The first-order valence-electron chi connectivity index (χ1n) is 6.35. The highest BCUT2D eigenvalue weighted by atomic mass is 16.2. The fraction of sp³-hybridized carbons (Fsp3) is 0.400. The first kappa shape index (κ1) is 12.8. The molecule has 96 valence electrons. The third kappa shape index (κ3) is 2.46. The van der Waals surface area contributed by atoms with Crippen LogP contribution >= 0.6 is 0 Å². The minimum atomic E-state index is 0.207. The number of hydrogen-bond donors (Lipinski definition) is 2. The van der Waals surface area contributed by atoms with Crippen molar-refractivity contribution in [2.45, 2.75) is 33.6 Å². The fourth-order valence-corrected chi connectivity index (χ4v) is 2.12. The molecule has 0 fully saturated rings. The van der Waals surface area contributed by atoms with E-state index in [-0.39, 0.29) is 6.61 Å². The van der Waals surface area contributed by atoms with Gasteiger partial charge in [-0.25, -0.2) is 4.98 Å². The summed E-state index contributed by atoms with van der Waals surface area (Å²) in [4.78, 5) is 7.69. The van der Waals surface area contributed by atoms with Gasteiger partial charge in [-0.2, -0.15) is 0 Å². The number of aliphatic hydroxyl groups excluding tert-OH is 1. The third-order valence-electron chi connectivity index (χ3n) is 3.55. The van der Waals surface area contributed by atoms with Gasteiger partial charge in [-0.1, -0.05) is 12.1 Å². The van der Waals surface area contributed by atoms with Gasteiger partial charge in [0, 0.05) is 18.6 Å². The van der Waals surface area contributed by atoms with Crippen LogP contribution in [-0.2, 0) is 6.42 Å². The van der Waals surface area contributed by atoms with Gasteiger partial charge in [0.25, 0.3) is 0 Å². The number of aromatic nitrogens is 2. The molecule has 0 aliphatic carbocycles. The molecule has 1 aromatic heterocycles. The topological polar surface area (TPSA) is 48.9 Å². The second-order valence-electron chi connectivity index (χ2n) is 4.75. The van der Waals surface area contributed by atoms with Gasteiger partial charge in [0.1, 0.15) is 5.82 Å². The molecule has 2 rings (SSSR count). The van der Waals surface area contributed by atoms with E-state index < -0.39 is 0 Å². The Morgan fingerprint density at radius 1 is 1.17 bits per heavy atom. The standard InChI is InChI=1S/C15H20N2O/c1-10-6-7-13(12(3)11(10)2)14-9-16-15(17-14)5-4-8-18/h6-7,9,18H,4-5,8H2,1-3H3,(H,16,17). The maximum absolute atomic E-state index is 8.82. The molecule has 3 nitrogen and oxygen atoms in total. The van der Waals surface area contributed by atoms with E-state index in [9.17, 15) is 0 Å². The van der Waals surface area contributed by atoms with E-state index in [1.807, 2.05) is 6.20 Å². The molecule has 0 aliphatic heterocycles. The highest BCUT2D eigenvalue weighted by Gasteiger charge is 2.08. The van der Waals surface area contributed by atoms with Crippen molar-refractivity contribution in [2.24, 2.45) is 0 Å². The Morgan fingerprint density at radius 3 is 2.67 bits per heavy atom. The maximum atomic E-state index is 8.82. The van der Waals surface area contributed by atoms with Crippen molar-refractivity contribution in [3.63, 3.8) is 0 Å². The van der Waals surface area contributed by atoms with Crippen molar-refractivity contribution in [2.75, 3.05) is 6.61 Å². The molecule has 0 unspecified atom stereocenters. The highest BCUT2D eigenvalue weighted by Crippen LogP contribution is 2.26.